The van der Waals surface area contributed by atoms with Crippen molar-refractivity contribution in [2.45, 2.75) is 43.9 Å². The Morgan fingerprint density at radius 1 is 0.870 bits per heavy atom. The number of carbonyl (C=O) groups is 2. The molecule has 0 radical (unpaired) electrons. The zero-order valence-corrected chi connectivity index (χ0v) is 26.7. The van der Waals surface area contributed by atoms with Crippen LogP contribution in [0.4, 0.5) is 18.9 Å². The Morgan fingerprint density at radius 3 is 2.02 bits per heavy atom. The van der Waals surface area contributed by atoms with Gasteiger partial charge in [0.05, 0.1) is 21.2 Å². The lowest BCUT2D eigenvalue weighted by atomic mass is 10.0. The highest BCUT2D eigenvalue weighted by Gasteiger charge is 2.37. The second kappa shape index (κ2) is 14.8. The van der Waals surface area contributed by atoms with E-state index in [9.17, 15) is 31.2 Å². The van der Waals surface area contributed by atoms with Crippen LogP contribution in [0.5, 0.6) is 0 Å². The van der Waals surface area contributed by atoms with Crippen LogP contribution in [-0.2, 0) is 38.8 Å². The third-order valence-corrected chi connectivity index (χ3v) is 9.37. The lowest BCUT2D eigenvalue weighted by molar-refractivity contribution is -0.140. The molecule has 0 fully saturated rings. The molecular formula is C34H33ClF3N3O4S. The Morgan fingerprint density at radius 2 is 1.46 bits per heavy atom. The van der Waals surface area contributed by atoms with E-state index in [1.807, 2.05) is 6.07 Å². The molecule has 4 aromatic carbocycles. The van der Waals surface area contributed by atoms with Crippen molar-refractivity contribution in [1.29, 1.82) is 0 Å². The Labute approximate surface area is 271 Å². The summed E-state index contributed by atoms with van der Waals surface area (Å²) in [5.41, 5.74) is 0.502. The van der Waals surface area contributed by atoms with E-state index in [0.717, 1.165) is 23.3 Å². The van der Waals surface area contributed by atoms with E-state index >= 15 is 0 Å². The van der Waals surface area contributed by atoms with E-state index in [1.165, 1.54) is 17.0 Å². The van der Waals surface area contributed by atoms with Gasteiger partial charge in [-0.2, -0.15) is 13.2 Å². The van der Waals surface area contributed by atoms with E-state index in [0.29, 0.717) is 15.9 Å². The van der Waals surface area contributed by atoms with Crippen molar-refractivity contribution >= 4 is 39.1 Å². The SMILES string of the molecule is CCNC(=O)[C@@H](Cc1ccccc1)N(Cc1ccccc1)C(=O)CN(c1ccc(Cl)c(C(F)(F)F)c1)S(=O)(=O)c1ccc(C)cc1. The molecule has 0 aliphatic rings. The van der Waals surface area contributed by atoms with Crippen molar-refractivity contribution in [3.8, 4) is 0 Å². The second-order valence-corrected chi connectivity index (χ2v) is 12.9. The van der Waals surface area contributed by atoms with E-state index in [2.05, 4.69) is 5.32 Å². The van der Waals surface area contributed by atoms with Gasteiger partial charge >= 0.3 is 6.18 Å². The van der Waals surface area contributed by atoms with Crippen molar-refractivity contribution < 1.29 is 31.2 Å². The van der Waals surface area contributed by atoms with Gasteiger partial charge in [-0.25, -0.2) is 8.42 Å². The zero-order chi connectivity index (χ0) is 33.5. The van der Waals surface area contributed by atoms with Crippen LogP contribution in [0.25, 0.3) is 0 Å². The summed E-state index contributed by atoms with van der Waals surface area (Å²) in [6.45, 7) is 2.79. The molecule has 0 aromatic heterocycles. The van der Waals surface area contributed by atoms with E-state index in [-0.39, 0.29) is 24.4 Å². The zero-order valence-electron chi connectivity index (χ0n) is 25.2. The van der Waals surface area contributed by atoms with Crippen molar-refractivity contribution in [2.75, 3.05) is 17.4 Å². The van der Waals surface area contributed by atoms with Crippen molar-refractivity contribution in [3.63, 3.8) is 0 Å². The van der Waals surface area contributed by atoms with Crippen molar-refractivity contribution in [1.82, 2.24) is 10.2 Å². The first-order valence-corrected chi connectivity index (χ1v) is 16.2. The number of sulfonamides is 1. The Kier molecular flexibility index (Phi) is 11.1. The fourth-order valence-corrected chi connectivity index (χ4v) is 6.51. The molecule has 7 nitrogen and oxygen atoms in total. The molecule has 0 heterocycles. The first-order chi connectivity index (χ1) is 21.8. The monoisotopic (exact) mass is 671 g/mol. The summed E-state index contributed by atoms with van der Waals surface area (Å²) in [4.78, 5) is 28.9. The number of hydrogen-bond donors (Lipinski definition) is 1. The number of benzene rings is 4. The minimum Gasteiger partial charge on any atom is -0.355 e. The number of aryl methyl sites for hydroxylation is 1. The number of halogens is 4. The highest BCUT2D eigenvalue weighted by Crippen LogP contribution is 2.38. The van der Waals surface area contributed by atoms with Gasteiger partial charge in [0.2, 0.25) is 11.8 Å². The van der Waals surface area contributed by atoms with Gasteiger partial charge in [0.15, 0.2) is 0 Å². The van der Waals surface area contributed by atoms with Crippen molar-refractivity contribution in [3.05, 3.63) is 130 Å². The predicted molar refractivity (Wildman–Crippen MR) is 172 cm³/mol. The van der Waals surface area contributed by atoms with E-state index in [4.69, 9.17) is 11.6 Å². The molecule has 242 valence electrons. The molecule has 0 saturated heterocycles. The van der Waals surface area contributed by atoms with Gasteiger partial charge in [0.25, 0.3) is 10.0 Å². The van der Waals surface area contributed by atoms with Gasteiger partial charge in [-0.15, -0.1) is 0 Å². The number of nitrogens with zero attached hydrogens (tertiary/aromatic N) is 2. The first kappa shape index (κ1) is 34.5. The van der Waals surface area contributed by atoms with Gasteiger partial charge in [0.1, 0.15) is 12.6 Å². The second-order valence-electron chi connectivity index (χ2n) is 10.6. The summed E-state index contributed by atoms with van der Waals surface area (Å²) >= 11 is 5.86. The fraction of sp³-hybridized carbons (Fsp3) is 0.235. The van der Waals surface area contributed by atoms with Crippen LogP contribution in [0.3, 0.4) is 0 Å². The number of rotatable bonds is 12. The Bertz CT molecular complexity index is 1750. The molecule has 46 heavy (non-hydrogen) atoms. The molecule has 4 aromatic rings. The van der Waals surface area contributed by atoms with Crippen LogP contribution < -0.4 is 9.62 Å². The summed E-state index contributed by atoms with van der Waals surface area (Å²) in [5, 5.41) is 2.13. The summed E-state index contributed by atoms with van der Waals surface area (Å²) in [6, 6.07) is 25.1. The number of nitrogens with one attached hydrogen (secondary N) is 1. The third kappa shape index (κ3) is 8.46. The number of amides is 2. The Hall–Kier alpha value is -4.35. The number of hydrogen-bond acceptors (Lipinski definition) is 4. The normalized spacial score (nSPS) is 12.3. The van der Waals surface area contributed by atoms with Gasteiger partial charge < -0.3 is 10.2 Å². The topological polar surface area (TPSA) is 86.8 Å². The fourth-order valence-electron chi connectivity index (χ4n) is 4.88. The van der Waals surface area contributed by atoms with Crippen LogP contribution in [0.1, 0.15) is 29.2 Å². The summed E-state index contributed by atoms with van der Waals surface area (Å²) in [7, 11) is -4.59. The molecule has 0 aliphatic carbocycles. The van der Waals surface area contributed by atoms with E-state index in [1.54, 1.807) is 80.6 Å². The minimum atomic E-state index is -4.89. The molecule has 12 heteroatoms. The van der Waals surface area contributed by atoms with Crippen LogP contribution in [0.2, 0.25) is 5.02 Å². The lowest BCUT2D eigenvalue weighted by Gasteiger charge is -2.34. The van der Waals surface area contributed by atoms with Crippen molar-refractivity contribution in [2.24, 2.45) is 0 Å². The highest BCUT2D eigenvalue weighted by atomic mass is 35.5. The standard InChI is InChI=1S/C34H33ClF3N3O4S/c1-3-39-33(43)31(20-25-10-6-4-7-11-25)40(22-26-12-8-5-9-13-26)32(42)23-41(46(44,45)28-17-14-24(2)15-18-28)27-16-19-30(35)29(21-27)34(36,37)38/h4-19,21,31H,3,20,22-23H2,1-2H3,(H,39,43)/t31-/m1/s1. The largest absolute Gasteiger partial charge is 0.417 e. The summed E-state index contributed by atoms with van der Waals surface area (Å²) in [6.07, 6.45) is -4.79. The maximum Gasteiger partial charge on any atom is 0.417 e. The number of carbonyl (C=O) groups excluding carboxylic acids is 2. The molecule has 0 aliphatic heterocycles. The minimum absolute atomic E-state index is 0.0683. The predicted octanol–water partition coefficient (Wildman–Crippen LogP) is 6.64. The molecule has 0 saturated carbocycles. The van der Waals surface area contributed by atoms with Gasteiger partial charge in [-0.3, -0.25) is 13.9 Å². The molecule has 2 amide bonds. The van der Waals surface area contributed by atoms with Gasteiger partial charge in [-0.1, -0.05) is 90.0 Å². The summed E-state index contributed by atoms with van der Waals surface area (Å²) in [5.74, 6) is -1.26. The molecular weight excluding hydrogens is 639 g/mol. The number of anilines is 1. The van der Waals surface area contributed by atoms with Gasteiger partial charge in [-0.05, 0) is 55.3 Å². The highest BCUT2D eigenvalue weighted by molar-refractivity contribution is 7.92. The van der Waals surface area contributed by atoms with Crippen LogP contribution in [0, 0.1) is 6.92 Å². The first-order valence-electron chi connectivity index (χ1n) is 14.4. The quantitative estimate of drug-likeness (QED) is 0.183. The molecule has 0 spiro atoms. The molecule has 0 bridgehead atoms. The number of likely N-dealkylation sites (N-methyl/N-ethyl adjacent to an activating group) is 1. The van der Waals surface area contributed by atoms with Crippen LogP contribution in [0.15, 0.2) is 108 Å². The van der Waals surface area contributed by atoms with Gasteiger partial charge in [0, 0.05) is 19.5 Å². The van der Waals surface area contributed by atoms with E-state index < -0.39 is 56.9 Å². The third-order valence-electron chi connectivity index (χ3n) is 7.25. The molecule has 1 atom stereocenters. The Balaban J connectivity index is 1.84. The average molecular weight is 672 g/mol. The number of alkyl halides is 3. The average Bonchev–Trinajstić information content (AvgIpc) is 3.02. The molecule has 4 rings (SSSR count). The lowest BCUT2D eigenvalue weighted by Crippen LogP contribution is -2.53. The molecule has 1 N–H and O–H groups in total. The van der Waals surface area contributed by atoms with Crippen LogP contribution in [-0.4, -0.2) is 44.3 Å². The maximum atomic E-state index is 14.3. The summed E-state index contributed by atoms with van der Waals surface area (Å²) < 4.78 is 70.4. The maximum absolute atomic E-state index is 14.3. The molecule has 0 unspecified atom stereocenters. The smallest absolute Gasteiger partial charge is 0.355 e. The van der Waals surface area contributed by atoms with Crippen LogP contribution >= 0.6 is 11.6 Å².